The van der Waals surface area contributed by atoms with Crippen molar-refractivity contribution < 1.29 is 22.8 Å². The Morgan fingerprint density at radius 3 is 2.71 bits per heavy atom. The lowest BCUT2D eigenvalue weighted by molar-refractivity contribution is -0.111. The van der Waals surface area contributed by atoms with Gasteiger partial charge in [-0.05, 0) is 48.5 Å². The molecule has 1 heterocycles. The van der Waals surface area contributed by atoms with Gasteiger partial charge in [-0.1, -0.05) is 12.6 Å². The molecule has 0 bridgehead atoms. The van der Waals surface area contributed by atoms with Crippen LogP contribution in [0.5, 0.6) is 5.75 Å². The SMILES string of the molecule is [2H]c1cc([2H])c(Nc2nc(Nc3ccc(OCCOC)cc3)ncc2F)c([2H])c1NC(=O)C=C. The Balaban J connectivity index is 1.81. The van der Waals surface area contributed by atoms with Crippen molar-refractivity contribution in [3.8, 4) is 5.75 Å². The first-order valence-electron chi connectivity index (χ1n) is 10.6. The average Bonchev–Trinajstić information content (AvgIpc) is 2.82. The molecule has 8 nitrogen and oxygen atoms in total. The highest BCUT2D eigenvalue weighted by molar-refractivity contribution is 5.99. The highest BCUT2D eigenvalue weighted by atomic mass is 19.1. The predicted octanol–water partition coefficient (Wildman–Crippen LogP) is 4.25. The fraction of sp³-hybridized carbons (Fsp3) is 0.136. The molecule has 0 radical (unpaired) electrons. The van der Waals surface area contributed by atoms with Gasteiger partial charge < -0.3 is 25.4 Å². The third-order valence-corrected chi connectivity index (χ3v) is 3.77. The Morgan fingerprint density at radius 1 is 1.19 bits per heavy atom. The Bertz CT molecular complexity index is 1200. The summed E-state index contributed by atoms with van der Waals surface area (Å²) >= 11 is 0. The molecule has 160 valence electrons. The van der Waals surface area contributed by atoms with Gasteiger partial charge in [-0.15, -0.1) is 0 Å². The summed E-state index contributed by atoms with van der Waals surface area (Å²) in [5, 5.41) is 7.88. The van der Waals surface area contributed by atoms with E-state index >= 15 is 0 Å². The average molecular weight is 426 g/mol. The monoisotopic (exact) mass is 426 g/mol. The zero-order chi connectivity index (χ0) is 24.7. The summed E-state index contributed by atoms with van der Waals surface area (Å²) in [6.45, 7) is 4.20. The molecule has 2 aromatic carbocycles. The fourth-order valence-electron chi connectivity index (χ4n) is 2.33. The van der Waals surface area contributed by atoms with E-state index in [9.17, 15) is 9.18 Å². The Morgan fingerprint density at radius 2 is 1.97 bits per heavy atom. The molecule has 0 atom stereocenters. The molecule has 31 heavy (non-hydrogen) atoms. The van der Waals surface area contributed by atoms with Crippen LogP contribution in [0.2, 0.25) is 0 Å². The minimum atomic E-state index is -0.821. The van der Waals surface area contributed by atoms with Gasteiger partial charge in [0.15, 0.2) is 11.6 Å². The number of ether oxygens (including phenoxy) is 2. The van der Waals surface area contributed by atoms with Crippen molar-refractivity contribution in [2.24, 2.45) is 0 Å². The number of aromatic nitrogens is 2. The molecule has 0 fully saturated rings. The number of methoxy groups -OCH3 is 1. The third kappa shape index (κ3) is 6.51. The summed E-state index contributed by atoms with van der Waals surface area (Å²) in [5.41, 5.74) is 0.326. The van der Waals surface area contributed by atoms with Crippen molar-refractivity contribution in [2.75, 3.05) is 36.3 Å². The smallest absolute Gasteiger partial charge is 0.247 e. The molecule has 0 spiro atoms. The summed E-state index contributed by atoms with van der Waals surface area (Å²) < 4.78 is 49.1. The number of nitrogens with one attached hydrogen (secondary N) is 3. The quantitative estimate of drug-likeness (QED) is 0.329. The maximum absolute atomic E-state index is 14.4. The molecule has 3 N–H and O–H groups in total. The summed E-state index contributed by atoms with van der Waals surface area (Å²) in [5.74, 6) is -1.03. The lowest BCUT2D eigenvalue weighted by Gasteiger charge is -2.11. The summed E-state index contributed by atoms with van der Waals surface area (Å²) in [4.78, 5) is 19.6. The van der Waals surface area contributed by atoms with Crippen LogP contribution in [0.25, 0.3) is 0 Å². The van der Waals surface area contributed by atoms with Crippen LogP contribution in [0.15, 0.2) is 67.3 Å². The van der Waals surface area contributed by atoms with Gasteiger partial charge >= 0.3 is 0 Å². The number of anilines is 5. The second-order valence-electron chi connectivity index (χ2n) is 6.01. The molecule has 3 aromatic rings. The normalized spacial score (nSPS) is 11.6. The van der Waals surface area contributed by atoms with Crippen LogP contribution in [0.1, 0.15) is 4.11 Å². The van der Waals surface area contributed by atoms with Gasteiger partial charge in [0.1, 0.15) is 12.4 Å². The van der Waals surface area contributed by atoms with E-state index < -0.39 is 11.7 Å². The highest BCUT2D eigenvalue weighted by Crippen LogP contribution is 2.23. The number of amides is 1. The van der Waals surface area contributed by atoms with Crippen molar-refractivity contribution in [2.45, 2.75) is 0 Å². The molecule has 1 amide bonds. The number of carbonyl (C=O) groups excluding carboxylic acids is 1. The van der Waals surface area contributed by atoms with Gasteiger partial charge in [-0.25, -0.2) is 9.37 Å². The molecule has 3 rings (SSSR count). The van der Waals surface area contributed by atoms with Crippen LogP contribution in [0.4, 0.5) is 33.2 Å². The number of hydrogen-bond acceptors (Lipinski definition) is 7. The largest absolute Gasteiger partial charge is 0.491 e. The Kier molecular flexibility index (Phi) is 6.16. The van der Waals surface area contributed by atoms with Gasteiger partial charge in [-0.3, -0.25) is 4.79 Å². The number of rotatable bonds is 10. The summed E-state index contributed by atoms with van der Waals surface area (Å²) in [6.07, 6.45) is 1.92. The number of carbonyl (C=O) groups is 1. The maximum atomic E-state index is 14.4. The van der Waals surface area contributed by atoms with Crippen molar-refractivity contribution in [1.82, 2.24) is 9.97 Å². The van der Waals surface area contributed by atoms with E-state index in [4.69, 9.17) is 13.6 Å². The van der Waals surface area contributed by atoms with Gasteiger partial charge in [0.05, 0.1) is 16.9 Å². The standard InChI is InChI=1S/C22H22FN5O3/c1-3-20(29)25-16-5-4-6-17(13-16)26-21-19(23)14-24-22(28-21)27-15-7-9-18(10-8-15)31-12-11-30-2/h3-10,13-14H,1,11-12H2,2H3,(H,25,29)(H2,24,26,27,28)/i5D,6D,13D. The van der Waals surface area contributed by atoms with Crippen LogP contribution in [-0.4, -0.2) is 36.2 Å². The number of hydrogen-bond donors (Lipinski definition) is 3. The molecular formula is C22H22FN5O3. The molecule has 0 saturated carbocycles. The zero-order valence-corrected chi connectivity index (χ0v) is 16.7. The zero-order valence-electron chi connectivity index (χ0n) is 19.7. The van der Waals surface area contributed by atoms with Gasteiger partial charge in [-0.2, -0.15) is 4.98 Å². The van der Waals surface area contributed by atoms with E-state index in [2.05, 4.69) is 32.5 Å². The fourth-order valence-corrected chi connectivity index (χ4v) is 2.33. The molecule has 0 aliphatic carbocycles. The van der Waals surface area contributed by atoms with Crippen molar-refractivity contribution >= 4 is 34.7 Å². The second kappa shape index (κ2) is 10.7. The van der Waals surface area contributed by atoms with Crippen LogP contribution in [-0.2, 0) is 9.53 Å². The van der Waals surface area contributed by atoms with E-state index in [1.807, 2.05) is 0 Å². The van der Waals surface area contributed by atoms with Gasteiger partial charge in [0.25, 0.3) is 0 Å². The van der Waals surface area contributed by atoms with E-state index in [1.165, 1.54) is 0 Å². The van der Waals surface area contributed by atoms with Crippen LogP contribution < -0.4 is 20.7 Å². The Labute approximate surface area is 183 Å². The first-order valence-corrected chi connectivity index (χ1v) is 9.15. The lowest BCUT2D eigenvalue weighted by atomic mass is 10.2. The minimum Gasteiger partial charge on any atom is -0.491 e. The van der Waals surface area contributed by atoms with Crippen LogP contribution in [0, 0.1) is 5.82 Å². The lowest BCUT2D eigenvalue weighted by Crippen LogP contribution is -2.07. The minimum absolute atomic E-state index is 0.0623. The molecule has 0 aliphatic heterocycles. The molecule has 9 heteroatoms. The van der Waals surface area contributed by atoms with E-state index in [-0.39, 0.29) is 41.3 Å². The van der Waals surface area contributed by atoms with Gasteiger partial charge in [0.2, 0.25) is 11.9 Å². The number of benzene rings is 2. The number of halogens is 1. The predicted molar refractivity (Wildman–Crippen MR) is 118 cm³/mol. The summed E-state index contributed by atoms with van der Waals surface area (Å²) in [6, 6.07) is 7.19. The molecule has 0 unspecified atom stereocenters. The van der Waals surface area contributed by atoms with Crippen LogP contribution in [0.3, 0.4) is 0 Å². The molecular weight excluding hydrogens is 401 g/mol. The maximum Gasteiger partial charge on any atom is 0.247 e. The number of nitrogens with zero attached hydrogens (tertiary/aromatic N) is 2. The second-order valence-corrected chi connectivity index (χ2v) is 6.01. The molecule has 1 aromatic heterocycles. The first-order chi connectivity index (χ1) is 16.3. The van der Waals surface area contributed by atoms with Crippen molar-refractivity contribution in [3.63, 3.8) is 0 Å². The van der Waals surface area contributed by atoms with Crippen LogP contribution >= 0.6 is 0 Å². The molecule has 0 aliphatic rings. The van der Waals surface area contributed by atoms with E-state index in [0.717, 1.165) is 18.3 Å². The summed E-state index contributed by atoms with van der Waals surface area (Å²) in [7, 11) is 1.59. The Hall–Kier alpha value is -3.98. The topological polar surface area (TPSA) is 97.4 Å². The highest BCUT2D eigenvalue weighted by Gasteiger charge is 2.09. The van der Waals surface area contributed by atoms with E-state index in [0.29, 0.717) is 24.7 Å². The molecule has 0 saturated heterocycles. The first kappa shape index (κ1) is 17.8. The third-order valence-electron chi connectivity index (χ3n) is 3.77. The van der Waals surface area contributed by atoms with Gasteiger partial charge in [0, 0.05) is 24.2 Å². The van der Waals surface area contributed by atoms with Crippen molar-refractivity contribution in [1.29, 1.82) is 0 Å². The van der Waals surface area contributed by atoms with Crippen molar-refractivity contribution in [3.05, 3.63) is 73.1 Å². The van der Waals surface area contributed by atoms with E-state index in [1.54, 1.807) is 31.4 Å².